The molecule has 0 aliphatic rings. The van der Waals surface area contributed by atoms with Gasteiger partial charge in [-0.25, -0.2) is 4.68 Å². The zero-order valence-electron chi connectivity index (χ0n) is 9.05. The predicted octanol–water partition coefficient (Wildman–Crippen LogP) is 3.16. The molecule has 0 unspecified atom stereocenters. The molecule has 17 heavy (non-hydrogen) atoms. The molecule has 0 aliphatic heterocycles. The van der Waals surface area contributed by atoms with Gasteiger partial charge in [0.2, 0.25) is 0 Å². The predicted molar refractivity (Wildman–Crippen MR) is 68.4 cm³/mol. The number of alkyl halides is 1. The van der Waals surface area contributed by atoms with Gasteiger partial charge in [0, 0.05) is 0 Å². The van der Waals surface area contributed by atoms with Crippen LogP contribution in [-0.4, -0.2) is 15.0 Å². The fourth-order valence-corrected chi connectivity index (χ4v) is 2.06. The van der Waals surface area contributed by atoms with E-state index >= 15 is 0 Å². The van der Waals surface area contributed by atoms with Crippen molar-refractivity contribution in [1.82, 2.24) is 15.0 Å². The van der Waals surface area contributed by atoms with E-state index in [1.54, 1.807) is 10.9 Å². The van der Waals surface area contributed by atoms with Gasteiger partial charge in [-0.3, -0.25) is 0 Å². The van der Waals surface area contributed by atoms with Crippen LogP contribution in [0.2, 0.25) is 0 Å². The molecule has 0 bridgehead atoms. The average molecular weight is 244 g/mol. The van der Waals surface area contributed by atoms with Crippen LogP contribution in [0.25, 0.3) is 16.5 Å². The molecule has 0 atom stereocenters. The molecule has 0 aliphatic carbocycles. The minimum absolute atomic E-state index is 0.403. The summed E-state index contributed by atoms with van der Waals surface area (Å²) in [6.45, 7) is 0. The van der Waals surface area contributed by atoms with E-state index in [1.165, 1.54) is 10.8 Å². The topological polar surface area (TPSA) is 30.7 Å². The van der Waals surface area contributed by atoms with Crippen molar-refractivity contribution in [2.45, 2.75) is 5.88 Å². The van der Waals surface area contributed by atoms with Crippen molar-refractivity contribution in [3.63, 3.8) is 0 Å². The van der Waals surface area contributed by atoms with Gasteiger partial charge in [-0.1, -0.05) is 35.5 Å². The Labute approximate surface area is 104 Å². The molecule has 0 N–H and O–H groups in total. The van der Waals surface area contributed by atoms with Gasteiger partial charge in [0.25, 0.3) is 0 Å². The summed E-state index contributed by atoms with van der Waals surface area (Å²) in [6.07, 6.45) is 1.68. The molecule has 84 valence electrons. The Morgan fingerprint density at radius 2 is 1.88 bits per heavy atom. The normalized spacial score (nSPS) is 10.9. The molecule has 0 spiro atoms. The van der Waals surface area contributed by atoms with Crippen molar-refractivity contribution in [3.05, 3.63) is 54.4 Å². The van der Waals surface area contributed by atoms with Gasteiger partial charge in [0.15, 0.2) is 0 Å². The summed E-state index contributed by atoms with van der Waals surface area (Å²) in [6, 6.07) is 14.4. The fraction of sp³-hybridized carbons (Fsp3) is 0.0769. The standard InChI is InChI=1S/C13H10ClN3/c14-8-13-9-15-16-17(13)12-6-5-10-3-1-2-4-11(10)7-12/h1-7,9H,8H2. The van der Waals surface area contributed by atoms with Crippen LogP contribution >= 0.6 is 11.6 Å². The summed E-state index contributed by atoms with van der Waals surface area (Å²) in [5.74, 6) is 0.403. The van der Waals surface area contributed by atoms with Crippen LogP contribution in [0.15, 0.2) is 48.7 Å². The van der Waals surface area contributed by atoms with Crippen LogP contribution < -0.4 is 0 Å². The highest BCUT2D eigenvalue weighted by molar-refractivity contribution is 6.16. The third kappa shape index (κ3) is 1.78. The molecule has 0 saturated heterocycles. The molecule has 0 radical (unpaired) electrons. The molecule has 1 heterocycles. The minimum Gasteiger partial charge on any atom is -0.216 e. The van der Waals surface area contributed by atoms with E-state index in [1.807, 2.05) is 18.2 Å². The van der Waals surface area contributed by atoms with Crippen LogP contribution in [0.3, 0.4) is 0 Å². The summed E-state index contributed by atoms with van der Waals surface area (Å²) < 4.78 is 1.76. The first-order chi connectivity index (χ1) is 8.38. The highest BCUT2D eigenvalue weighted by Gasteiger charge is 2.05. The second-order valence-electron chi connectivity index (χ2n) is 3.80. The third-order valence-electron chi connectivity index (χ3n) is 2.73. The number of rotatable bonds is 2. The Hall–Kier alpha value is -1.87. The van der Waals surface area contributed by atoms with Crippen LogP contribution in [-0.2, 0) is 5.88 Å². The lowest BCUT2D eigenvalue weighted by Gasteiger charge is -2.05. The van der Waals surface area contributed by atoms with E-state index in [4.69, 9.17) is 11.6 Å². The zero-order valence-corrected chi connectivity index (χ0v) is 9.80. The summed E-state index contributed by atoms with van der Waals surface area (Å²) in [5, 5.41) is 10.3. The quantitative estimate of drug-likeness (QED) is 0.648. The van der Waals surface area contributed by atoms with Gasteiger partial charge in [-0.15, -0.1) is 16.7 Å². The molecule has 1 aromatic heterocycles. The van der Waals surface area contributed by atoms with E-state index < -0.39 is 0 Å². The fourth-order valence-electron chi connectivity index (χ4n) is 1.87. The number of benzene rings is 2. The lowest BCUT2D eigenvalue weighted by molar-refractivity contribution is 0.782. The second kappa shape index (κ2) is 4.18. The number of fused-ring (bicyclic) bond motifs is 1. The molecule has 3 rings (SSSR count). The van der Waals surface area contributed by atoms with Gasteiger partial charge in [0.05, 0.1) is 23.5 Å². The summed E-state index contributed by atoms with van der Waals surface area (Å²) in [4.78, 5) is 0. The molecule has 3 aromatic rings. The molecule has 3 nitrogen and oxygen atoms in total. The van der Waals surface area contributed by atoms with E-state index in [2.05, 4.69) is 34.6 Å². The first kappa shape index (κ1) is 10.3. The maximum absolute atomic E-state index is 5.84. The van der Waals surface area contributed by atoms with Crippen molar-refractivity contribution in [3.8, 4) is 5.69 Å². The number of hydrogen-bond acceptors (Lipinski definition) is 2. The lowest BCUT2D eigenvalue weighted by atomic mass is 10.1. The Morgan fingerprint density at radius 1 is 1.06 bits per heavy atom. The van der Waals surface area contributed by atoms with Crippen LogP contribution in [0, 0.1) is 0 Å². The smallest absolute Gasteiger partial charge is 0.0793 e. The first-order valence-electron chi connectivity index (χ1n) is 5.33. The van der Waals surface area contributed by atoms with E-state index in [-0.39, 0.29) is 0 Å². The van der Waals surface area contributed by atoms with Crippen molar-refractivity contribution < 1.29 is 0 Å². The largest absolute Gasteiger partial charge is 0.216 e. The van der Waals surface area contributed by atoms with E-state index in [9.17, 15) is 0 Å². The SMILES string of the molecule is ClCc1cnnn1-c1ccc2ccccc2c1. The van der Waals surface area contributed by atoms with Crippen molar-refractivity contribution in [2.24, 2.45) is 0 Å². The summed E-state index contributed by atoms with van der Waals surface area (Å²) in [7, 11) is 0. The Morgan fingerprint density at radius 3 is 2.71 bits per heavy atom. The number of hydrogen-bond donors (Lipinski definition) is 0. The summed E-state index contributed by atoms with van der Waals surface area (Å²) >= 11 is 5.84. The zero-order chi connectivity index (χ0) is 11.7. The maximum atomic E-state index is 5.84. The molecule has 0 fully saturated rings. The Balaban J connectivity index is 2.18. The summed E-state index contributed by atoms with van der Waals surface area (Å²) in [5.41, 5.74) is 1.87. The molecule has 4 heteroatoms. The van der Waals surface area contributed by atoms with Crippen LogP contribution in [0.5, 0.6) is 0 Å². The second-order valence-corrected chi connectivity index (χ2v) is 4.07. The van der Waals surface area contributed by atoms with Crippen LogP contribution in [0.1, 0.15) is 5.69 Å². The molecule has 0 amide bonds. The molecule has 0 saturated carbocycles. The average Bonchev–Trinajstić information content (AvgIpc) is 2.86. The van der Waals surface area contributed by atoms with Crippen LogP contribution in [0.4, 0.5) is 0 Å². The highest BCUT2D eigenvalue weighted by atomic mass is 35.5. The van der Waals surface area contributed by atoms with Gasteiger partial charge in [-0.2, -0.15) is 0 Å². The maximum Gasteiger partial charge on any atom is 0.0793 e. The Bertz CT molecular complexity index is 660. The highest BCUT2D eigenvalue weighted by Crippen LogP contribution is 2.19. The molecular weight excluding hydrogens is 234 g/mol. The van der Waals surface area contributed by atoms with Crippen molar-refractivity contribution in [1.29, 1.82) is 0 Å². The Kier molecular flexibility index (Phi) is 2.53. The van der Waals surface area contributed by atoms with E-state index in [0.717, 1.165) is 11.4 Å². The molecule has 2 aromatic carbocycles. The third-order valence-corrected chi connectivity index (χ3v) is 3.01. The van der Waals surface area contributed by atoms with Gasteiger partial charge in [0.1, 0.15) is 0 Å². The lowest BCUT2D eigenvalue weighted by Crippen LogP contribution is -2.00. The van der Waals surface area contributed by atoms with E-state index in [0.29, 0.717) is 5.88 Å². The monoisotopic (exact) mass is 243 g/mol. The number of halogens is 1. The first-order valence-corrected chi connectivity index (χ1v) is 5.86. The van der Waals surface area contributed by atoms with Gasteiger partial charge < -0.3 is 0 Å². The van der Waals surface area contributed by atoms with Gasteiger partial charge >= 0.3 is 0 Å². The van der Waals surface area contributed by atoms with Crippen molar-refractivity contribution in [2.75, 3.05) is 0 Å². The van der Waals surface area contributed by atoms with Gasteiger partial charge in [-0.05, 0) is 22.9 Å². The minimum atomic E-state index is 0.403. The molecular formula is C13H10ClN3. The van der Waals surface area contributed by atoms with Crippen molar-refractivity contribution >= 4 is 22.4 Å². The number of aromatic nitrogens is 3. The number of nitrogens with zero attached hydrogens (tertiary/aromatic N) is 3.